The number of fused-ring (bicyclic) bond motifs is 3. The van der Waals surface area contributed by atoms with Crippen molar-refractivity contribution in [3.63, 3.8) is 0 Å². The molecule has 0 aliphatic carbocycles. The Hall–Kier alpha value is -5.93. The molecule has 8 aromatic rings. The maximum Gasteiger partial charge on any atom is 0.0974 e. The molecule has 0 atom stereocenters. The summed E-state index contributed by atoms with van der Waals surface area (Å²) in [5, 5.41) is 2.25. The molecule has 0 fully saturated rings. The van der Waals surface area contributed by atoms with Crippen molar-refractivity contribution < 1.29 is 0 Å². The van der Waals surface area contributed by atoms with Crippen molar-refractivity contribution in [3.05, 3.63) is 163 Å². The fourth-order valence-corrected chi connectivity index (χ4v) is 6.21. The van der Waals surface area contributed by atoms with E-state index in [1.54, 1.807) is 0 Å². The summed E-state index contributed by atoms with van der Waals surface area (Å²) in [6.45, 7) is 4.18. The molecule has 0 spiro atoms. The Morgan fingerprint density at radius 1 is 0.348 bits per heavy atom. The maximum atomic E-state index is 5.13. The highest BCUT2D eigenvalue weighted by Gasteiger charge is 2.12. The van der Waals surface area contributed by atoms with E-state index in [0.717, 1.165) is 78.0 Å². The Morgan fingerprint density at radius 2 is 0.913 bits per heavy atom. The van der Waals surface area contributed by atoms with E-state index in [1.807, 2.05) is 13.0 Å². The van der Waals surface area contributed by atoms with Gasteiger partial charge in [0.25, 0.3) is 0 Å². The highest BCUT2D eigenvalue weighted by atomic mass is 14.8. The first-order valence-corrected chi connectivity index (χ1v) is 15.6. The molecule has 3 aromatic heterocycles. The number of nitrogens with zero attached hydrogens (tertiary/aromatic N) is 3. The fraction of sp³-hybridized carbons (Fsp3) is 0.0465. The van der Waals surface area contributed by atoms with E-state index in [0.29, 0.717) is 0 Å². The molecule has 5 aromatic carbocycles. The number of hydrogen-bond donors (Lipinski definition) is 0. The zero-order valence-corrected chi connectivity index (χ0v) is 25.8. The topological polar surface area (TPSA) is 38.7 Å². The largest absolute Gasteiger partial charge is 0.251 e. The lowest BCUT2D eigenvalue weighted by atomic mass is 9.97. The standard InChI is InChI=1S/C43H31N3/c1-28-24-39(46-43-38(28)23-22-34-17-16-29(2)44-42(34)43)33-20-18-31(19-21-33)35-14-9-15-36(25-35)41-27-37(30-10-5-3-6-11-30)26-40(45-41)32-12-7-4-8-13-32/h3-27H,1-2H3. The van der Waals surface area contributed by atoms with Gasteiger partial charge in [-0.25, -0.2) is 9.97 Å². The molecule has 0 unspecified atom stereocenters. The van der Waals surface area contributed by atoms with E-state index < -0.39 is 0 Å². The van der Waals surface area contributed by atoms with Gasteiger partial charge in [0.2, 0.25) is 0 Å². The van der Waals surface area contributed by atoms with Gasteiger partial charge in [-0.2, -0.15) is 0 Å². The van der Waals surface area contributed by atoms with Crippen LogP contribution in [0, 0.1) is 13.8 Å². The van der Waals surface area contributed by atoms with E-state index in [9.17, 15) is 0 Å². The van der Waals surface area contributed by atoms with Gasteiger partial charge in [0.05, 0.1) is 28.1 Å². The third kappa shape index (κ3) is 5.22. The van der Waals surface area contributed by atoms with E-state index in [4.69, 9.17) is 15.0 Å². The molecular formula is C43H31N3. The minimum atomic E-state index is 0.950. The number of hydrogen-bond acceptors (Lipinski definition) is 3. The molecule has 3 heterocycles. The maximum absolute atomic E-state index is 5.13. The van der Waals surface area contributed by atoms with Gasteiger partial charge in [0.1, 0.15) is 0 Å². The second-order valence-corrected chi connectivity index (χ2v) is 11.8. The van der Waals surface area contributed by atoms with Crippen molar-refractivity contribution in [2.45, 2.75) is 13.8 Å². The minimum Gasteiger partial charge on any atom is -0.251 e. The summed E-state index contributed by atoms with van der Waals surface area (Å²) in [4.78, 5) is 15.1. The molecule has 8 rings (SSSR count). The smallest absolute Gasteiger partial charge is 0.0974 e. The lowest BCUT2D eigenvalue weighted by Gasteiger charge is -2.12. The average molecular weight is 590 g/mol. The summed E-state index contributed by atoms with van der Waals surface area (Å²) in [5.41, 5.74) is 14.8. The second-order valence-electron chi connectivity index (χ2n) is 11.8. The van der Waals surface area contributed by atoms with Crippen LogP contribution in [0.3, 0.4) is 0 Å². The van der Waals surface area contributed by atoms with Gasteiger partial charge in [-0.15, -0.1) is 0 Å². The average Bonchev–Trinajstić information content (AvgIpc) is 3.12. The van der Waals surface area contributed by atoms with Crippen LogP contribution < -0.4 is 0 Å². The number of aryl methyl sites for hydroxylation is 2. The first-order chi connectivity index (χ1) is 22.6. The normalized spacial score (nSPS) is 11.3. The molecule has 0 radical (unpaired) electrons. The zero-order valence-electron chi connectivity index (χ0n) is 25.8. The van der Waals surface area contributed by atoms with Crippen molar-refractivity contribution in [1.29, 1.82) is 0 Å². The number of pyridine rings is 3. The third-order valence-corrected chi connectivity index (χ3v) is 8.66. The van der Waals surface area contributed by atoms with Gasteiger partial charge in [-0.3, -0.25) is 4.98 Å². The zero-order chi connectivity index (χ0) is 31.0. The van der Waals surface area contributed by atoms with Crippen LogP contribution in [0.15, 0.2) is 152 Å². The van der Waals surface area contributed by atoms with Crippen LogP contribution in [0.5, 0.6) is 0 Å². The van der Waals surface area contributed by atoms with Gasteiger partial charge >= 0.3 is 0 Å². The highest BCUT2D eigenvalue weighted by molar-refractivity contribution is 6.04. The Bertz CT molecular complexity index is 2300. The van der Waals surface area contributed by atoms with Crippen LogP contribution in [0.1, 0.15) is 11.3 Å². The summed E-state index contributed by atoms with van der Waals surface area (Å²) in [5.74, 6) is 0. The monoisotopic (exact) mass is 589 g/mol. The molecule has 3 nitrogen and oxygen atoms in total. The molecule has 0 aliphatic heterocycles. The van der Waals surface area contributed by atoms with Crippen LogP contribution in [-0.4, -0.2) is 15.0 Å². The summed E-state index contributed by atoms with van der Waals surface area (Å²) in [6.07, 6.45) is 0. The number of rotatable bonds is 5. The Kier molecular flexibility index (Phi) is 6.92. The minimum absolute atomic E-state index is 0.950. The van der Waals surface area contributed by atoms with Gasteiger partial charge < -0.3 is 0 Å². The number of benzene rings is 5. The predicted octanol–water partition coefficient (Wildman–Crippen LogP) is 11.1. The quantitative estimate of drug-likeness (QED) is 0.187. The van der Waals surface area contributed by atoms with Gasteiger partial charge in [-0.05, 0) is 72.0 Å². The molecule has 218 valence electrons. The highest BCUT2D eigenvalue weighted by Crippen LogP contribution is 2.34. The van der Waals surface area contributed by atoms with Crippen molar-refractivity contribution in [2.75, 3.05) is 0 Å². The lowest BCUT2D eigenvalue weighted by Crippen LogP contribution is -1.93. The molecule has 0 bridgehead atoms. The van der Waals surface area contributed by atoms with Crippen molar-refractivity contribution in [3.8, 4) is 56.0 Å². The first-order valence-electron chi connectivity index (χ1n) is 15.6. The Balaban J connectivity index is 1.17. The van der Waals surface area contributed by atoms with Crippen molar-refractivity contribution in [2.24, 2.45) is 0 Å². The summed E-state index contributed by atoms with van der Waals surface area (Å²) < 4.78 is 0. The summed E-state index contributed by atoms with van der Waals surface area (Å²) in [7, 11) is 0. The summed E-state index contributed by atoms with van der Waals surface area (Å²) in [6, 6.07) is 53.3. The Labute approximate surface area is 268 Å². The number of aromatic nitrogens is 3. The van der Waals surface area contributed by atoms with E-state index in [1.165, 1.54) is 11.1 Å². The molecule has 0 aliphatic rings. The molecule has 46 heavy (non-hydrogen) atoms. The van der Waals surface area contributed by atoms with Crippen LogP contribution in [-0.2, 0) is 0 Å². The van der Waals surface area contributed by atoms with Crippen molar-refractivity contribution >= 4 is 21.8 Å². The molecular weight excluding hydrogens is 558 g/mol. The first kappa shape index (κ1) is 27.6. The van der Waals surface area contributed by atoms with Gasteiger partial charge in [0, 0.05) is 33.2 Å². The molecule has 0 saturated carbocycles. The van der Waals surface area contributed by atoms with Crippen LogP contribution in [0.25, 0.3) is 77.8 Å². The lowest BCUT2D eigenvalue weighted by molar-refractivity contribution is 1.25. The van der Waals surface area contributed by atoms with E-state index in [-0.39, 0.29) is 0 Å². The molecule has 0 saturated heterocycles. The van der Waals surface area contributed by atoms with Crippen LogP contribution in [0.4, 0.5) is 0 Å². The van der Waals surface area contributed by atoms with Crippen LogP contribution >= 0.6 is 0 Å². The Morgan fingerprint density at radius 3 is 1.67 bits per heavy atom. The molecule has 3 heteroatoms. The summed E-state index contributed by atoms with van der Waals surface area (Å²) >= 11 is 0. The van der Waals surface area contributed by atoms with Gasteiger partial charge in [-0.1, -0.05) is 121 Å². The van der Waals surface area contributed by atoms with E-state index >= 15 is 0 Å². The van der Waals surface area contributed by atoms with Crippen molar-refractivity contribution in [1.82, 2.24) is 15.0 Å². The third-order valence-electron chi connectivity index (χ3n) is 8.66. The predicted molar refractivity (Wildman–Crippen MR) is 191 cm³/mol. The van der Waals surface area contributed by atoms with Crippen LogP contribution in [0.2, 0.25) is 0 Å². The van der Waals surface area contributed by atoms with Gasteiger partial charge in [0.15, 0.2) is 0 Å². The van der Waals surface area contributed by atoms with E-state index in [2.05, 4.69) is 153 Å². The molecule has 0 amide bonds. The SMILES string of the molecule is Cc1ccc2ccc3c(C)cc(-c4ccc(-c5cccc(-c6cc(-c7ccccc7)cc(-c7ccccc7)n6)c5)cc4)nc3c2n1. The molecule has 0 N–H and O–H groups in total. The second kappa shape index (κ2) is 11.5. The fourth-order valence-electron chi connectivity index (χ4n) is 6.21.